The van der Waals surface area contributed by atoms with Crippen molar-refractivity contribution in [3.8, 4) is 5.75 Å². The molecule has 15 heavy (non-hydrogen) atoms. The molecule has 1 aromatic carbocycles. The Morgan fingerprint density at radius 2 is 2.27 bits per heavy atom. The normalized spacial score (nSPS) is 12.1. The lowest BCUT2D eigenvalue weighted by molar-refractivity contribution is 0.0936. The number of hydrogen-bond donors (Lipinski definition) is 3. The summed E-state index contributed by atoms with van der Waals surface area (Å²) in [7, 11) is 0. The zero-order valence-corrected chi connectivity index (χ0v) is 8.95. The van der Waals surface area contributed by atoms with Gasteiger partial charge in [-0.3, -0.25) is 4.79 Å². The number of carbonyl (C=O) groups is 1. The highest BCUT2D eigenvalue weighted by molar-refractivity contribution is 5.97. The van der Waals surface area contributed by atoms with Gasteiger partial charge >= 0.3 is 0 Å². The minimum atomic E-state index is -0.276. The number of amides is 1. The fraction of sp³-hybridized carbons (Fsp3) is 0.364. The van der Waals surface area contributed by atoms with Gasteiger partial charge in [0.25, 0.3) is 5.91 Å². The fourth-order valence-corrected chi connectivity index (χ4v) is 1.14. The van der Waals surface area contributed by atoms with Gasteiger partial charge in [-0.15, -0.1) is 0 Å². The van der Waals surface area contributed by atoms with Gasteiger partial charge in [-0.25, -0.2) is 0 Å². The Balaban J connectivity index is 2.82. The summed E-state index contributed by atoms with van der Waals surface area (Å²) in [6.07, 6.45) is 0.849. The molecule has 1 rings (SSSR count). The lowest BCUT2D eigenvalue weighted by Gasteiger charge is -2.12. The second-order valence-corrected chi connectivity index (χ2v) is 3.56. The van der Waals surface area contributed by atoms with E-state index >= 15 is 0 Å². The molecule has 1 unspecified atom stereocenters. The first-order valence-electron chi connectivity index (χ1n) is 4.94. The molecule has 4 heteroatoms. The predicted octanol–water partition coefficient (Wildman–Crippen LogP) is 1.50. The summed E-state index contributed by atoms with van der Waals surface area (Å²) in [5.74, 6) is -0.363. The second-order valence-electron chi connectivity index (χ2n) is 3.56. The molecule has 1 amide bonds. The zero-order valence-electron chi connectivity index (χ0n) is 8.95. The van der Waals surface area contributed by atoms with E-state index in [2.05, 4.69) is 5.32 Å². The van der Waals surface area contributed by atoms with Gasteiger partial charge in [0.1, 0.15) is 5.75 Å². The molecule has 0 saturated carbocycles. The highest BCUT2D eigenvalue weighted by Crippen LogP contribution is 2.19. The highest BCUT2D eigenvalue weighted by Gasteiger charge is 2.12. The molecule has 0 fully saturated rings. The van der Waals surface area contributed by atoms with Crippen molar-refractivity contribution in [3.05, 3.63) is 23.8 Å². The standard InChI is InChI=1S/C11H16N2O2/c1-3-7(2)13-11(15)9-5-4-8(12)6-10(9)14/h4-7,14H,3,12H2,1-2H3,(H,13,15). The number of carbonyl (C=O) groups excluding carboxylic acids is 1. The number of nitrogen functional groups attached to an aromatic ring is 1. The fourth-order valence-electron chi connectivity index (χ4n) is 1.14. The Morgan fingerprint density at radius 3 is 2.80 bits per heavy atom. The molecular formula is C11H16N2O2. The Hall–Kier alpha value is -1.71. The zero-order chi connectivity index (χ0) is 11.4. The largest absolute Gasteiger partial charge is 0.507 e. The van der Waals surface area contributed by atoms with Gasteiger partial charge in [0.05, 0.1) is 5.56 Å². The minimum absolute atomic E-state index is 0.0872. The van der Waals surface area contributed by atoms with Gasteiger partial charge < -0.3 is 16.2 Å². The van der Waals surface area contributed by atoms with Crippen molar-refractivity contribution in [1.29, 1.82) is 0 Å². The third-order valence-electron chi connectivity index (χ3n) is 2.26. The average Bonchev–Trinajstić information content (AvgIpc) is 2.17. The topological polar surface area (TPSA) is 75.4 Å². The first-order valence-corrected chi connectivity index (χ1v) is 4.94. The molecule has 82 valence electrons. The third kappa shape index (κ3) is 2.87. The Kier molecular flexibility index (Phi) is 3.55. The van der Waals surface area contributed by atoms with Crippen molar-refractivity contribution in [2.24, 2.45) is 0 Å². The maximum Gasteiger partial charge on any atom is 0.255 e. The van der Waals surface area contributed by atoms with Crippen LogP contribution < -0.4 is 11.1 Å². The van der Waals surface area contributed by atoms with Crippen LogP contribution in [0.25, 0.3) is 0 Å². The minimum Gasteiger partial charge on any atom is -0.507 e. The van der Waals surface area contributed by atoms with Crippen LogP contribution in [-0.2, 0) is 0 Å². The van der Waals surface area contributed by atoms with E-state index in [0.717, 1.165) is 6.42 Å². The van der Waals surface area contributed by atoms with Gasteiger partial charge in [0.15, 0.2) is 0 Å². The maximum absolute atomic E-state index is 11.6. The van der Waals surface area contributed by atoms with Gasteiger partial charge in [0.2, 0.25) is 0 Å². The number of anilines is 1. The molecular weight excluding hydrogens is 192 g/mol. The summed E-state index contributed by atoms with van der Waals surface area (Å²) in [5.41, 5.74) is 6.16. The number of aromatic hydroxyl groups is 1. The summed E-state index contributed by atoms with van der Waals surface area (Å²) in [6.45, 7) is 3.89. The summed E-state index contributed by atoms with van der Waals surface area (Å²) in [5, 5.41) is 12.3. The van der Waals surface area contributed by atoms with Gasteiger partial charge in [0, 0.05) is 17.8 Å². The Labute approximate surface area is 89.1 Å². The van der Waals surface area contributed by atoms with E-state index in [-0.39, 0.29) is 23.3 Å². The number of phenolic OH excluding ortho intramolecular Hbond substituents is 1. The molecule has 4 nitrogen and oxygen atoms in total. The molecule has 0 spiro atoms. The molecule has 0 aliphatic heterocycles. The summed E-state index contributed by atoms with van der Waals surface area (Å²) in [6, 6.07) is 4.56. The Bertz CT molecular complexity index is 364. The number of nitrogens with one attached hydrogen (secondary N) is 1. The maximum atomic E-state index is 11.6. The van der Waals surface area contributed by atoms with Crippen LogP contribution >= 0.6 is 0 Å². The van der Waals surface area contributed by atoms with Crippen molar-refractivity contribution >= 4 is 11.6 Å². The van der Waals surface area contributed by atoms with Gasteiger partial charge in [-0.05, 0) is 25.5 Å². The molecule has 0 radical (unpaired) electrons. The van der Waals surface area contributed by atoms with Crippen LogP contribution in [0.2, 0.25) is 0 Å². The number of benzene rings is 1. The molecule has 0 heterocycles. The second kappa shape index (κ2) is 4.68. The first kappa shape index (κ1) is 11.4. The van der Waals surface area contributed by atoms with Crippen LogP contribution in [0.3, 0.4) is 0 Å². The van der Waals surface area contributed by atoms with Crippen molar-refractivity contribution in [3.63, 3.8) is 0 Å². The molecule has 0 aliphatic rings. The van der Waals surface area contributed by atoms with Crippen LogP contribution in [0.4, 0.5) is 5.69 Å². The quantitative estimate of drug-likeness (QED) is 0.659. The highest BCUT2D eigenvalue weighted by atomic mass is 16.3. The van der Waals surface area contributed by atoms with E-state index in [1.807, 2.05) is 13.8 Å². The number of nitrogens with two attached hydrogens (primary N) is 1. The van der Waals surface area contributed by atoms with E-state index in [4.69, 9.17) is 5.73 Å². The molecule has 0 aromatic heterocycles. The van der Waals surface area contributed by atoms with E-state index in [0.29, 0.717) is 5.69 Å². The van der Waals surface area contributed by atoms with Crippen LogP contribution in [-0.4, -0.2) is 17.1 Å². The lowest BCUT2D eigenvalue weighted by Crippen LogP contribution is -2.31. The van der Waals surface area contributed by atoms with Crippen LogP contribution in [0.1, 0.15) is 30.6 Å². The summed E-state index contributed by atoms with van der Waals surface area (Å²) < 4.78 is 0. The van der Waals surface area contributed by atoms with Crippen molar-refractivity contribution in [1.82, 2.24) is 5.32 Å². The third-order valence-corrected chi connectivity index (χ3v) is 2.26. The van der Waals surface area contributed by atoms with Crippen molar-refractivity contribution in [2.45, 2.75) is 26.3 Å². The molecule has 0 bridgehead atoms. The Morgan fingerprint density at radius 1 is 1.60 bits per heavy atom. The van der Waals surface area contributed by atoms with Crippen molar-refractivity contribution < 1.29 is 9.90 Å². The molecule has 0 aliphatic carbocycles. The number of phenols is 1. The lowest BCUT2D eigenvalue weighted by atomic mass is 10.1. The monoisotopic (exact) mass is 208 g/mol. The predicted molar refractivity (Wildman–Crippen MR) is 59.7 cm³/mol. The van der Waals surface area contributed by atoms with E-state index in [1.54, 1.807) is 6.07 Å². The van der Waals surface area contributed by atoms with Crippen molar-refractivity contribution in [2.75, 3.05) is 5.73 Å². The molecule has 1 aromatic rings. The number of rotatable bonds is 3. The van der Waals surface area contributed by atoms with Crippen LogP contribution in [0, 0.1) is 0 Å². The smallest absolute Gasteiger partial charge is 0.255 e. The molecule has 1 atom stereocenters. The van der Waals surface area contributed by atoms with Gasteiger partial charge in [-0.2, -0.15) is 0 Å². The molecule has 4 N–H and O–H groups in total. The SMILES string of the molecule is CCC(C)NC(=O)c1ccc(N)cc1O. The van der Waals surface area contributed by atoms with E-state index < -0.39 is 0 Å². The van der Waals surface area contributed by atoms with Crippen LogP contribution in [0.15, 0.2) is 18.2 Å². The first-order chi connectivity index (χ1) is 7.04. The van der Waals surface area contributed by atoms with Gasteiger partial charge in [-0.1, -0.05) is 6.92 Å². The summed E-state index contributed by atoms with van der Waals surface area (Å²) >= 11 is 0. The van der Waals surface area contributed by atoms with E-state index in [1.165, 1.54) is 12.1 Å². The summed E-state index contributed by atoms with van der Waals surface area (Å²) in [4.78, 5) is 11.6. The molecule has 0 saturated heterocycles. The number of hydrogen-bond acceptors (Lipinski definition) is 3. The van der Waals surface area contributed by atoms with E-state index in [9.17, 15) is 9.90 Å². The van der Waals surface area contributed by atoms with Crippen LogP contribution in [0.5, 0.6) is 5.75 Å². The average molecular weight is 208 g/mol.